The third-order valence-electron chi connectivity index (χ3n) is 8.34. The van der Waals surface area contributed by atoms with Crippen LogP contribution in [0.2, 0.25) is 0 Å². The van der Waals surface area contributed by atoms with Crippen LogP contribution in [-0.2, 0) is 4.74 Å². The molecular weight excluding hydrogens is 726 g/mol. The van der Waals surface area contributed by atoms with Gasteiger partial charge in [0, 0.05) is 117 Å². The number of hydrogen-bond acceptors (Lipinski definition) is 13. The number of anilines is 3. The Bertz CT molecular complexity index is 1540. The summed E-state index contributed by atoms with van der Waals surface area (Å²) in [5, 5.41) is 21.2. The van der Waals surface area contributed by atoms with Gasteiger partial charge in [-0.15, -0.1) is 0 Å². The molecule has 3 aliphatic rings. The van der Waals surface area contributed by atoms with Crippen molar-refractivity contribution in [2.45, 2.75) is 12.8 Å². The van der Waals surface area contributed by atoms with Crippen LogP contribution in [0.3, 0.4) is 0 Å². The zero-order chi connectivity index (χ0) is 37.3. The van der Waals surface area contributed by atoms with Crippen molar-refractivity contribution >= 4 is 44.4 Å². The fourth-order valence-electron chi connectivity index (χ4n) is 5.29. The van der Waals surface area contributed by atoms with E-state index in [1.165, 1.54) is 45.3 Å². The van der Waals surface area contributed by atoms with Gasteiger partial charge >= 0.3 is 0 Å². The Hall–Kier alpha value is -4.38. The average molecular weight is 777 g/mol. The summed E-state index contributed by atoms with van der Waals surface area (Å²) < 4.78 is 20.8. The first-order valence-corrected chi connectivity index (χ1v) is 17.4. The van der Waals surface area contributed by atoms with Gasteiger partial charge in [0.25, 0.3) is 11.4 Å². The molecule has 0 aliphatic carbocycles. The van der Waals surface area contributed by atoms with E-state index in [-0.39, 0.29) is 16.3 Å². The highest BCUT2D eigenvalue weighted by atomic mass is 79.9. The maximum Gasteiger partial charge on any atom is 0.275 e. The van der Waals surface area contributed by atoms with E-state index in [1.807, 2.05) is 24.3 Å². The molecule has 6 rings (SSSR count). The third kappa shape index (κ3) is 14.0. The van der Waals surface area contributed by atoms with Crippen LogP contribution in [0.5, 0.6) is 17.2 Å². The minimum absolute atomic E-state index is 0.0150. The van der Waals surface area contributed by atoms with Gasteiger partial charge in [-0.25, -0.2) is 0 Å². The van der Waals surface area contributed by atoms with Gasteiger partial charge < -0.3 is 44.3 Å². The number of halogens is 1. The summed E-state index contributed by atoms with van der Waals surface area (Å²) >= 11 is 3.14. The van der Waals surface area contributed by atoms with E-state index >= 15 is 0 Å². The Kier molecular flexibility index (Phi) is 17.0. The summed E-state index contributed by atoms with van der Waals surface area (Å²) in [5.41, 5.74) is 8.71. The molecule has 0 unspecified atom stereocenters. The van der Waals surface area contributed by atoms with E-state index in [2.05, 4.69) is 49.6 Å². The number of nitro benzene ring substituents is 2. The molecule has 51 heavy (non-hydrogen) atoms. The maximum absolute atomic E-state index is 10.9. The van der Waals surface area contributed by atoms with Gasteiger partial charge in [-0.1, -0.05) is 15.9 Å². The maximum atomic E-state index is 10.9. The van der Waals surface area contributed by atoms with Crippen LogP contribution in [0, 0.1) is 20.2 Å². The number of nitrogens with zero attached hydrogens (tertiary/aromatic N) is 6. The van der Waals surface area contributed by atoms with E-state index in [1.54, 1.807) is 19.2 Å². The molecule has 0 aromatic heterocycles. The summed E-state index contributed by atoms with van der Waals surface area (Å²) in [6, 6.07) is 15.2. The van der Waals surface area contributed by atoms with Gasteiger partial charge in [0.15, 0.2) is 0 Å². The van der Waals surface area contributed by atoms with Crippen LogP contribution in [-0.4, -0.2) is 121 Å². The third-order valence-corrected chi connectivity index (χ3v) is 8.80. The Morgan fingerprint density at radius 1 is 0.627 bits per heavy atom. The van der Waals surface area contributed by atoms with Crippen molar-refractivity contribution in [2.24, 2.45) is 0 Å². The lowest BCUT2D eigenvalue weighted by molar-refractivity contribution is -0.385. The highest BCUT2D eigenvalue weighted by Gasteiger charge is 2.19. The van der Waals surface area contributed by atoms with E-state index in [0.717, 1.165) is 88.4 Å². The molecule has 15 nitrogen and oxygen atoms in total. The lowest BCUT2D eigenvalue weighted by Crippen LogP contribution is -2.44. The van der Waals surface area contributed by atoms with Crippen LogP contribution in [0.4, 0.5) is 28.4 Å². The average Bonchev–Trinajstić information content (AvgIpc) is 3.73. The number of nitro groups is 2. The summed E-state index contributed by atoms with van der Waals surface area (Å²) in [4.78, 5) is 29.4. The quantitative estimate of drug-likeness (QED) is 0.181. The standard InChI is InChI=1S/C12H17N3O3.C12H19N3O.C7H6BrNO3.C4H8O/c1-13-3-5-14(6-4-13)10-7-11(15(16)17)9-12(8-10)18-2;1-14-3-5-15(6-4-14)11-7-10(13)8-12(9-11)16-2;1-12-7-3-5(8)2-6(4-7)9(10)11;1-2-4-5-3-1/h7-9H,3-6H2,1-2H3;7-9H,3-6,13H2,1-2H3;2-4H,1H3;1-4H2. The largest absolute Gasteiger partial charge is 0.497 e. The van der Waals surface area contributed by atoms with Crippen molar-refractivity contribution in [1.82, 2.24) is 9.80 Å². The summed E-state index contributed by atoms with van der Waals surface area (Å²) in [7, 11) is 8.88. The molecule has 0 spiro atoms. The Labute approximate surface area is 308 Å². The monoisotopic (exact) mass is 775 g/mol. The fraction of sp³-hybridized carbons (Fsp3) is 0.486. The van der Waals surface area contributed by atoms with Crippen molar-refractivity contribution < 1.29 is 28.8 Å². The predicted molar refractivity (Wildman–Crippen MR) is 204 cm³/mol. The molecule has 0 bridgehead atoms. The molecule has 16 heteroatoms. The number of benzene rings is 3. The Morgan fingerprint density at radius 2 is 1.04 bits per heavy atom. The van der Waals surface area contributed by atoms with Gasteiger partial charge in [-0.3, -0.25) is 20.2 Å². The molecular formula is C35H50BrN7O8. The number of hydrogen-bond donors (Lipinski definition) is 1. The molecule has 0 amide bonds. The number of rotatable bonds is 7. The van der Waals surface area contributed by atoms with Gasteiger partial charge in [0.2, 0.25) is 0 Å². The van der Waals surface area contributed by atoms with Crippen molar-refractivity contribution in [3.05, 3.63) is 79.3 Å². The number of non-ortho nitro benzene ring substituents is 2. The number of nitrogen functional groups attached to an aromatic ring is 1. The fourth-order valence-corrected chi connectivity index (χ4v) is 5.75. The minimum atomic E-state index is -0.465. The first kappa shape index (κ1) is 41.0. The molecule has 3 aromatic rings. The first-order chi connectivity index (χ1) is 24.4. The van der Waals surface area contributed by atoms with Crippen molar-refractivity contribution in [1.29, 1.82) is 0 Å². The van der Waals surface area contributed by atoms with Crippen LogP contribution < -0.4 is 29.7 Å². The number of ether oxygens (including phenoxy) is 4. The second-order valence-electron chi connectivity index (χ2n) is 12.1. The second-order valence-corrected chi connectivity index (χ2v) is 13.0. The zero-order valence-electron chi connectivity index (χ0n) is 30.1. The molecule has 280 valence electrons. The van der Waals surface area contributed by atoms with Crippen molar-refractivity contribution in [3.63, 3.8) is 0 Å². The van der Waals surface area contributed by atoms with Crippen LogP contribution in [0.15, 0.2) is 59.1 Å². The number of nitrogens with two attached hydrogens (primary N) is 1. The van der Waals surface area contributed by atoms with Crippen LogP contribution in [0.1, 0.15) is 12.8 Å². The predicted octanol–water partition coefficient (Wildman–Crippen LogP) is 5.55. The summed E-state index contributed by atoms with van der Waals surface area (Å²) in [6.07, 6.45) is 2.56. The molecule has 3 saturated heterocycles. The second kappa shape index (κ2) is 21.1. The van der Waals surface area contributed by atoms with E-state index in [9.17, 15) is 20.2 Å². The summed E-state index contributed by atoms with van der Waals surface area (Å²) in [6.45, 7) is 9.96. The van der Waals surface area contributed by atoms with Crippen molar-refractivity contribution in [3.8, 4) is 17.2 Å². The highest BCUT2D eigenvalue weighted by Crippen LogP contribution is 2.29. The van der Waals surface area contributed by atoms with Gasteiger partial charge in [0.05, 0.1) is 43.3 Å². The molecule has 3 fully saturated rings. The minimum Gasteiger partial charge on any atom is -0.497 e. The molecule has 3 aromatic carbocycles. The van der Waals surface area contributed by atoms with Gasteiger partial charge in [-0.2, -0.15) is 0 Å². The van der Waals surface area contributed by atoms with Gasteiger partial charge in [-0.05, 0) is 39.1 Å². The molecule has 3 heterocycles. The molecule has 0 saturated carbocycles. The normalized spacial score (nSPS) is 16.0. The molecule has 3 aliphatic heterocycles. The summed E-state index contributed by atoms with van der Waals surface area (Å²) in [5.74, 6) is 1.82. The number of likely N-dealkylation sites (N-methyl/N-ethyl adjacent to an activating group) is 2. The Morgan fingerprint density at radius 3 is 1.45 bits per heavy atom. The SMILES string of the molecule is C1CCOC1.COc1cc(Br)cc([N+](=O)[O-])c1.COc1cc(N)cc(N2CCN(C)CC2)c1.COc1cc(N2CCN(C)CC2)cc([N+](=O)[O-])c1. The molecule has 2 N–H and O–H groups in total. The smallest absolute Gasteiger partial charge is 0.275 e. The van der Waals surface area contributed by atoms with E-state index in [4.69, 9.17) is 24.7 Å². The van der Waals surface area contributed by atoms with E-state index in [0.29, 0.717) is 16.0 Å². The van der Waals surface area contributed by atoms with Crippen LogP contribution >= 0.6 is 15.9 Å². The lowest BCUT2D eigenvalue weighted by atomic mass is 10.2. The highest BCUT2D eigenvalue weighted by molar-refractivity contribution is 9.10. The first-order valence-electron chi connectivity index (χ1n) is 16.6. The molecule has 0 radical (unpaired) electrons. The van der Waals surface area contributed by atoms with E-state index < -0.39 is 4.92 Å². The van der Waals surface area contributed by atoms with Gasteiger partial charge in [0.1, 0.15) is 17.2 Å². The zero-order valence-corrected chi connectivity index (χ0v) is 31.7. The Balaban J connectivity index is 0.000000196. The number of piperazine rings is 2. The number of methoxy groups -OCH3 is 3. The lowest BCUT2D eigenvalue weighted by Gasteiger charge is -2.34. The molecule has 0 atom stereocenters. The topological polar surface area (TPSA) is 162 Å². The van der Waals surface area contributed by atoms with Crippen LogP contribution in [0.25, 0.3) is 0 Å². The van der Waals surface area contributed by atoms with Crippen molar-refractivity contribution in [2.75, 3.05) is 117 Å².